The lowest BCUT2D eigenvalue weighted by Gasteiger charge is -2.30. The zero-order chi connectivity index (χ0) is 17.4. The van der Waals surface area contributed by atoms with E-state index in [0.717, 1.165) is 32.4 Å². The Balaban J connectivity index is 1.90. The lowest BCUT2D eigenvalue weighted by molar-refractivity contribution is -0.133. The van der Waals surface area contributed by atoms with Crippen molar-refractivity contribution in [3.05, 3.63) is 0 Å². The molecule has 0 aromatic carbocycles. The molecule has 0 spiro atoms. The van der Waals surface area contributed by atoms with Crippen LogP contribution in [-0.4, -0.2) is 55.0 Å². The minimum atomic E-state index is -0.168. The molecule has 2 atom stereocenters. The van der Waals surface area contributed by atoms with Crippen molar-refractivity contribution >= 4 is 11.9 Å². The highest BCUT2D eigenvalue weighted by Crippen LogP contribution is 2.25. The van der Waals surface area contributed by atoms with Crippen molar-refractivity contribution in [3.63, 3.8) is 0 Å². The molecule has 24 heavy (non-hydrogen) atoms. The van der Waals surface area contributed by atoms with E-state index in [1.807, 2.05) is 0 Å². The molecule has 0 unspecified atom stereocenters. The van der Waals surface area contributed by atoms with Gasteiger partial charge >= 0.3 is 0 Å². The van der Waals surface area contributed by atoms with Crippen LogP contribution in [0.1, 0.15) is 51.4 Å². The van der Waals surface area contributed by atoms with Crippen molar-refractivity contribution in [1.82, 2.24) is 15.5 Å². The maximum Gasteiger partial charge on any atom is 0.239 e. The van der Waals surface area contributed by atoms with Gasteiger partial charge in [-0.2, -0.15) is 0 Å². The second-order valence-corrected chi connectivity index (χ2v) is 7.21. The van der Waals surface area contributed by atoms with Crippen molar-refractivity contribution in [2.75, 3.05) is 26.2 Å². The van der Waals surface area contributed by atoms with E-state index in [1.165, 1.54) is 32.1 Å². The Kier molecular flexibility index (Phi) is 7.78. The second kappa shape index (κ2) is 9.84. The molecule has 0 aromatic heterocycles. The Morgan fingerprint density at radius 2 is 2.04 bits per heavy atom. The fourth-order valence-corrected chi connectivity index (χ4v) is 3.87. The lowest BCUT2D eigenvalue weighted by Crippen LogP contribution is -2.48. The van der Waals surface area contributed by atoms with E-state index in [0.29, 0.717) is 19.0 Å². The SMILES string of the molecule is N=C(N)NCCC[C@@H]1N[C@@H](CN)CCN(CC2CCCCC2)C1=O. The van der Waals surface area contributed by atoms with E-state index in [1.54, 1.807) is 0 Å². The van der Waals surface area contributed by atoms with Crippen LogP contribution in [0.3, 0.4) is 0 Å². The van der Waals surface area contributed by atoms with Crippen LogP contribution in [-0.2, 0) is 4.79 Å². The smallest absolute Gasteiger partial charge is 0.239 e. The lowest BCUT2D eigenvalue weighted by atomic mass is 9.89. The summed E-state index contributed by atoms with van der Waals surface area (Å²) in [5, 5.41) is 13.4. The molecule has 2 fully saturated rings. The van der Waals surface area contributed by atoms with Gasteiger partial charge in [-0.15, -0.1) is 0 Å². The van der Waals surface area contributed by atoms with Gasteiger partial charge in [-0.25, -0.2) is 0 Å². The van der Waals surface area contributed by atoms with Crippen molar-refractivity contribution in [1.29, 1.82) is 5.41 Å². The minimum Gasteiger partial charge on any atom is -0.370 e. The molecule has 0 bridgehead atoms. The van der Waals surface area contributed by atoms with Crippen LogP contribution in [0.5, 0.6) is 0 Å². The summed E-state index contributed by atoms with van der Waals surface area (Å²) in [6, 6.07) is 0.0365. The molecule has 0 aromatic rings. The van der Waals surface area contributed by atoms with Gasteiger partial charge in [0.1, 0.15) is 0 Å². The van der Waals surface area contributed by atoms with Gasteiger partial charge in [0.25, 0.3) is 0 Å². The van der Waals surface area contributed by atoms with E-state index in [2.05, 4.69) is 15.5 Å². The van der Waals surface area contributed by atoms with E-state index >= 15 is 0 Å². The first-order valence-electron chi connectivity index (χ1n) is 9.43. The van der Waals surface area contributed by atoms with Crippen LogP contribution < -0.4 is 22.1 Å². The maximum atomic E-state index is 12.9. The zero-order valence-corrected chi connectivity index (χ0v) is 14.7. The summed E-state index contributed by atoms with van der Waals surface area (Å²) in [6.07, 6.45) is 8.93. The number of hydrogen-bond donors (Lipinski definition) is 5. The third-order valence-electron chi connectivity index (χ3n) is 5.27. The number of hydrogen-bond acceptors (Lipinski definition) is 4. The molecule has 7 N–H and O–H groups in total. The Labute approximate surface area is 145 Å². The molecule has 1 saturated heterocycles. The highest BCUT2D eigenvalue weighted by atomic mass is 16.2. The van der Waals surface area contributed by atoms with Gasteiger partial charge in [-0.1, -0.05) is 19.3 Å². The average Bonchev–Trinajstić information content (AvgIpc) is 2.73. The summed E-state index contributed by atoms with van der Waals surface area (Å²) < 4.78 is 0. The first-order chi connectivity index (χ1) is 11.6. The third-order valence-corrected chi connectivity index (χ3v) is 5.27. The average molecular weight is 339 g/mol. The molecule has 2 rings (SSSR count). The predicted molar refractivity (Wildman–Crippen MR) is 96.7 cm³/mol. The van der Waals surface area contributed by atoms with Gasteiger partial charge in [0.2, 0.25) is 5.91 Å². The van der Waals surface area contributed by atoms with Crippen LogP contribution in [0.25, 0.3) is 0 Å². The summed E-state index contributed by atoms with van der Waals surface area (Å²) in [6.45, 7) is 2.90. The van der Waals surface area contributed by atoms with Crippen LogP contribution in [0.2, 0.25) is 0 Å². The minimum absolute atomic E-state index is 0.0195. The predicted octanol–water partition coefficient (Wildman–Crippen LogP) is 0.348. The summed E-state index contributed by atoms with van der Waals surface area (Å²) in [5.41, 5.74) is 11.2. The fraction of sp³-hybridized carbons (Fsp3) is 0.882. The summed E-state index contributed by atoms with van der Waals surface area (Å²) in [5.74, 6) is 0.866. The molecule has 0 radical (unpaired) electrons. The van der Waals surface area contributed by atoms with Gasteiger partial charge in [-0.3, -0.25) is 10.2 Å². The number of guanidine groups is 1. The Morgan fingerprint density at radius 3 is 2.71 bits per heavy atom. The van der Waals surface area contributed by atoms with Crippen molar-refractivity contribution in [3.8, 4) is 0 Å². The summed E-state index contributed by atoms with van der Waals surface area (Å²) >= 11 is 0. The summed E-state index contributed by atoms with van der Waals surface area (Å²) in [4.78, 5) is 15.0. The van der Waals surface area contributed by atoms with Crippen molar-refractivity contribution in [2.45, 2.75) is 63.5 Å². The first kappa shape index (κ1) is 19.0. The monoisotopic (exact) mass is 338 g/mol. The number of rotatable bonds is 7. The number of carbonyl (C=O) groups excluding carboxylic acids is 1. The molecule has 1 aliphatic heterocycles. The molecule has 7 heteroatoms. The van der Waals surface area contributed by atoms with Gasteiger partial charge in [-0.05, 0) is 38.0 Å². The second-order valence-electron chi connectivity index (χ2n) is 7.21. The fourth-order valence-electron chi connectivity index (χ4n) is 3.87. The number of nitrogens with one attached hydrogen (secondary N) is 3. The first-order valence-corrected chi connectivity index (χ1v) is 9.43. The van der Waals surface area contributed by atoms with E-state index in [-0.39, 0.29) is 24.0 Å². The topological polar surface area (TPSA) is 120 Å². The number of carbonyl (C=O) groups is 1. The van der Waals surface area contributed by atoms with Gasteiger partial charge in [0.15, 0.2) is 5.96 Å². The number of amides is 1. The molecule has 2 aliphatic rings. The molecule has 7 nitrogen and oxygen atoms in total. The molecule has 1 heterocycles. The van der Waals surface area contributed by atoms with Gasteiger partial charge in [0.05, 0.1) is 6.04 Å². The normalized spacial score (nSPS) is 26.2. The highest BCUT2D eigenvalue weighted by molar-refractivity contribution is 5.82. The van der Waals surface area contributed by atoms with Crippen LogP contribution in [0, 0.1) is 11.3 Å². The molecule has 1 saturated carbocycles. The number of nitrogens with zero attached hydrogens (tertiary/aromatic N) is 1. The standard InChI is InChI=1S/C17H34N6O/c18-11-14-8-10-23(12-13-5-2-1-3-6-13)16(24)15(22-14)7-4-9-21-17(19)20/h13-15,22H,1-12,18H2,(H4,19,20,21)/t14-,15+/m1/s1. The van der Waals surface area contributed by atoms with Gasteiger partial charge in [0, 0.05) is 32.2 Å². The van der Waals surface area contributed by atoms with E-state index in [4.69, 9.17) is 16.9 Å². The quantitative estimate of drug-likeness (QED) is 0.261. The Morgan fingerprint density at radius 1 is 1.29 bits per heavy atom. The molecule has 1 aliphatic carbocycles. The molecular weight excluding hydrogens is 304 g/mol. The van der Waals surface area contributed by atoms with Crippen LogP contribution >= 0.6 is 0 Å². The zero-order valence-electron chi connectivity index (χ0n) is 14.7. The van der Waals surface area contributed by atoms with Crippen molar-refractivity contribution in [2.24, 2.45) is 17.4 Å². The van der Waals surface area contributed by atoms with Crippen molar-refractivity contribution < 1.29 is 4.79 Å². The Bertz CT molecular complexity index is 410. The summed E-state index contributed by atoms with van der Waals surface area (Å²) in [7, 11) is 0. The van der Waals surface area contributed by atoms with E-state index in [9.17, 15) is 4.79 Å². The largest absolute Gasteiger partial charge is 0.370 e. The molecule has 138 valence electrons. The van der Waals surface area contributed by atoms with Crippen LogP contribution in [0.4, 0.5) is 0 Å². The maximum absolute atomic E-state index is 12.9. The third kappa shape index (κ3) is 5.94. The molecule has 1 amide bonds. The molecular formula is C17H34N6O. The van der Waals surface area contributed by atoms with E-state index < -0.39 is 0 Å². The van der Waals surface area contributed by atoms with Crippen LogP contribution in [0.15, 0.2) is 0 Å². The number of nitrogens with two attached hydrogens (primary N) is 2. The Hall–Kier alpha value is -1.34. The van der Waals surface area contributed by atoms with Gasteiger partial charge < -0.3 is 27.0 Å². The highest BCUT2D eigenvalue weighted by Gasteiger charge is 2.31.